The molecular formula is C28H44N2O. The van der Waals surface area contributed by atoms with Crippen LogP contribution in [0.25, 0.3) is 0 Å². The smallest absolute Gasteiger partial charge is 0.120 e. The Balaban J connectivity index is -0.000000470. The molecule has 0 atom stereocenters. The maximum atomic E-state index is 5.69. The lowest BCUT2D eigenvalue weighted by atomic mass is 10.2. The summed E-state index contributed by atoms with van der Waals surface area (Å²) in [6, 6.07) is 8.05. The molecule has 0 N–H and O–H groups in total. The van der Waals surface area contributed by atoms with E-state index in [0.717, 1.165) is 28.3 Å². The largest absolute Gasteiger partial charge is 0.489 e. The summed E-state index contributed by atoms with van der Waals surface area (Å²) in [5.74, 6) is 0.902. The molecule has 1 aromatic carbocycles. The summed E-state index contributed by atoms with van der Waals surface area (Å²) in [4.78, 5) is 8.11. The molecule has 0 saturated heterocycles. The van der Waals surface area contributed by atoms with Crippen LogP contribution >= 0.6 is 0 Å². The molecule has 0 fully saturated rings. The number of ether oxygens (including phenoxy) is 1. The third-order valence-corrected chi connectivity index (χ3v) is 3.52. The first-order valence-electron chi connectivity index (χ1n) is 10.3. The van der Waals surface area contributed by atoms with Gasteiger partial charge in [-0.1, -0.05) is 70.9 Å². The zero-order chi connectivity index (χ0) is 23.4. The van der Waals surface area contributed by atoms with Crippen molar-refractivity contribution < 1.29 is 4.74 Å². The van der Waals surface area contributed by atoms with Crippen LogP contribution in [0.1, 0.15) is 54.5 Å². The fourth-order valence-corrected chi connectivity index (χ4v) is 1.93. The summed E-state index contributed by atoms with van der Waals surface area (Å²) in [5, 5.41) is 0. The Hall–Kier alpha value is -2.94. The maximum Gasteiger partial charge on any atom is 0.120 e. The molecule has 0 unspecified atom stereocenters. The van der Waals surface area contributed by atoms with Crippen molar-refractivity contribution in [3.8, 4) is 5.75 Å². The van der Waals surface area contributed by atoms with E-state index < -0.39 is 0 Å². The van der Waals surface area contributed by atoms with Gasteiger partial charge in [-0.25, -0.2) is 0 Å². The molecule has 3 heteroatoms. The first-order valence-corrected chi connectivity index (χ1v) is 10.3. The average molecular weight is 425 g/mol. The Labute approximate surface area is 192 Å². The number of aliphatic imine (C=N–C) groups is 2. The maximum absolute atomic E-state index is 5.69. The standard InChI is InChI=1S/C15H18O.C10H16N2.C2H6.CH4/c1-4-7-14(8-5-2)12-16-15-10-6-9-13(3)11-15;1-8(2)12-7-6-9(3)10(4)11-5;1-2;/h4-11H,1,12H2,2-3H3;6-7H,3H2,1-2,4-5H3;1-2H3;1H4/b8-5-,14-7+;7-6-,11-10?;;. The Bertz CT molecular complexity index is 774. The Morgan fingerprint density at radius 1 is 1.13 bits per heavy atom. The van der Waals surface area contributed by atoms with Crippen molar-refractivity contribution in [3.63, 3.8) is 0 Å². The number of rotatable bonds is 8. The second kappa shape index (κ2) is 21.8. The molecule has 31 heavy (non-hydrogen) atoms. The van der Waals surface area contributed by atoms with Gasteiger partial charge in [0.2, 0.25) is 0 Å². The molecule has 3 nitrogen and oxygen atoms in total. The monoisotopic (exact) mass is 424 g/mol. The van der Waals surface area contributed by atoms with Crippen LogP contribution in [0, 0.1) is 6.92 Å². The van der Waals surface area contributed by atoms with E-state index in [1.165, 1.54) is 5.56 Å². The summed E-state index contributed by atoms with van der Waals surface area (Å²) < 4.78 is 5.69. The summed E-state index contributed by atoms with van der Waals surface area (Å²) in [6.45, 7) is 22.0. The Morgan fingerprint density at radius 3 is 2.26 bits per heavy atom. The molecule has 0 bridgehead atoms. The fraction of sp³-hybridized carbons (Fsp3) is 0.357. The highest BCUT2D eigenvalue weighted by atomic mass is 16.5. The van der Waals surface area contributed by atoms with Crippen LogP contribution in [0.4, 0.5) is 0 Å². The van der Waals surface area contributed by atoms with Crippen molar-refractivity contribution >= 4 is 11.4 Å². The molecule has 0 amide bonds. The van der Waals surface area contributed by atoms with E-state index >= 15 is 0 Å². The highest BCUT2D eigenvalue weighted by Gasteiger charge is 1.95. The normalized spacial score (nSPS) is 10.8. The van der Waals surface area contributed by atoms with Crippen molar-refractivity contribution in [1.29, 1.82) is 0 Å². The highest BCUT2D eigenvalue weighted by Crippen LogP contribution is 2.13. The molecule has 0 radical (unpaired) electrons. The summed E-state index contributed by atoms with van der Waals surface area (Å²) in [5.41, 5.74) is 5.19. The topological polar surface area (TPSA) is 34.0 Å². The number of hydrogen-bond donors (Lipinski definition) is 0. The number of allylic oxidation sites excluding steroid dienone is 5. The molecule has 0 aromatic heterocycles. The van der Waals surface area contributed by atoms with Gasteiger partial charge in [0.15, 0.2) is 0 Å². The van der Waals surface area contributed by atoms with Gasteiger partial charge < -0.3 is 4.74 Å². The van der Waals surface area contributed by atoms with Crippen molar-refractivity contribution in [1.82, 2.24) is 0 Å². The van der Waals surface area contributed by atoms with Gasteiger partial charge >= 0.3 is 0 Å². The van der Waals surface area contributed by atoms with Gasteiger partial charge in [-0.3, -0.25) is 9.98 Å². The van der Waals surface area contributed by atoms with Gasteiger partial charge in [0.05, 0.1) is 0 Å². The van der Waals surface area contributed by atoms with E-state index in [1.54, 1.807) is 19.3 Å². The SMILES string of the molecule is C.C=C(/C=C\N=C(C)C)C(C)=NC.C=C/C=C(\C=C/C)COc1cccc(C)c1.CC. The van der Waals surface area contributed by atoms with Gasteiger partial charge in [0.1, 0.15) is 12.4 Å². The van der Waals surface area contributed by atoms with Crippen LogP contribution in [0.3, 0.4) is 0 Å². The van der Waals surface area contributed by atoms with Crippen molar-refractivity contribution in [2.45, 2.75) is 55.9 Å². The predicted molar refractivity (Wildman–Crippen MR) is 144 cm³/mol. The van der Waals surface area contributed by atoms with Crippen LogP contribution in [-0.4, -0.2) is 25.1 Å². The van der Waals surface area contributed by atoms with Crippen molar-refractivity contribution in [3.05, 3.63) is 90.7 Å². The van der Waals surface area contributed by atoms with Gasteiger partial charge in [0, 0.05) is 24.7 Å². The van der Waals surface area contributed by atoms with Gasteiger partial charge in [0.25, 0.3) is 0 Å². The lowest BCUT2D eigenvalue weighted by Gasteiger charge is -2.07. The second-order valence-corrected chi connectivity index (χ2v) is 6.31. The van der Waals surface area contributed by atoms with E-state index in [-0.39, 0.29) is 7.43 Å². The Morgan fingerprint density at radius 2 is 1.77 bits per heavy atom. The zero-order valence-corrected chi connectivity index (χ0v) is 20.2. The van der Waals surface area contributed by atoms with Crippen LogP contribution in [-0.2, 0) is 0 Å². The molecule has 1 aromatic rings. The molecule has 1 rings (SSSR count). The minimum Gasteiger partial charge on any atom is -0.489 e. The lowest BCUT2D eigenvalue weighted by Crippen LogP contribution is -1.99. The van der Waals surface area contributed by atoms with Crippen molar-refractivity contribution in [2.75, 3.05) is 13.7 Å². The van der Waals surface area contributed by atoms with Gasteiger partial charge in [-0.15, -0.1) is 0 Å². The van der Waals surface area contributed by atoms with Crippen LogP contribution < -0.4 is 4.74 Å². The first-order chi connectivity index (χ1) is 14.3. The van der Waals surface area contributed by atoms with Crippen LogP contribution in [0.2, 0.25) is 0 Å². The van der Waals surface area contributed by atoms with E-state index in [4.69, 9.17) is 4.74 Å². The second-order valence-electron chi connectivity index (χ2n) is 6.31. The first kappa shape index (κ1) is 32.7. The predicted octanol–water partition coefficient (Wildman–Crippen LogP) is 8.35. The quantitative estimate of drug-likeness (QED) is 0.305. The van der Waals surface area contributed by atoms with Gasteiger partial charge in [-0.2, -0.15) is 0 Å². The molecule has 0 spiro atoms. The molecule has 0 aliphatic carbocycles. The van der Waals surface area contributed by atoms with Crippen molar-refractivity contribution in [2.24, 2.45) is 9.98 Å². The Kier molecular flexibility index (Phi) is 23.0. The van der Waals surface area contributed by atoms with E-state index in [2.05, 4.69) is 36.1 Å². The fourth-order valence-electron chi connectivity index (χ4n) is 1.93. The minimum atomic E-state index is 0. The number of nitrogens with zero attached hydrogens (tertiary/aromatic N) is 2. The van der Waals surface area contributed by atoms with Crippen LogP contribution in [0.15, 0.2) is 95.1 Å². The minimum absolute atomic E-state index is 0. The number of aryl methyl sites for hydroxylation is 1. The molecule has 172 valence electrons. The molecule has 0 aliphatic heterocycles. The summed E-state index contributed by atoms with van der Waals surface area (Å²) in [7, 11) is 1.75. The van der Waals surface area contributed by atoms with E-state index in [1.807, 2.05) is 84.0 Å². The summed E-state index contributed by atoms with van der Waals surface area (Å²) in [6.07, 6.45) is 11.3. The molecule has 0 saturated carbocycles. The van der Waals surface area contributed by atoms with Gasteiger partial charge in [-0.05, 0) is 69.5 Å². The van der Waals surface area contributed by atoms with E-state index in [9.17, 15) is 0 Å². The highest BCUT2D eigenvalue weighted by molar-refractivity contribution is 6.00. The zero-order valence-electron chi connectivity index (χ0n) is 20.2. The third-order valence-electron chi connectivity index (χ3n) is 3.52. The average Bonchev–Trinajstić information content (AvgIpc) is 2.73. The number of benzene rings is 1. The van der Waals surface area contributed by atoms with E-state index in [0.29, 0.717) is 6.61 Å². The third kappa shape index (κ3) is 18.8. The molecular weight excluding hydrogens is 380 g/mol. The number of hydrogen-bond acceptors (Lipinski definition) is 3. The van der Waals surface area contributed by atoms with Crippen LogP contribution in [0.5, 0.6) is 5.75 Å². The molecule has 0 aliphatic rings. The molecule has 0 heterocycles. The lowest BCUT2D eigenvalue weighted by molar-refractivity contribution is 0.355. The summed E-state index contributed by atoms with van der Waals surface area (Å²) >= 11 is 0.